The fourth-order valence-electron chi connectivity index (χ4n) is 2.91. The maximum atomic E-state index is 13.3. The largest absolute Gasteiger partial charge is 0.496 e. The van der Waals surface area contributed by atoms with Gasteiger partial charge < -0.3 is 24.4 Å². The molecule has 0 fully saturated rings. The molecule has 0 spiro atoms. The van der Waals surface area contributed by atoms with E-state index in [9.17, 15) is 14.0 Å². The first-order valence-corrected chi connectivity index (χ1v) is 10.4. The predicted octanol–water partition coefficient (Wildman–Crippen LogP) is 3.41. The third kappa shape index (κ3) is 7.44. The van der Waals surface area contributed by atoms with Gasteiger partial charge in [-0.1, -0.05) is 26.0 Å². The number of hydrogen-bond acceptors (Lipinski definition) is 5. The van der Waals surface area contributed by atoms with E-state index in [1.54, 1.807) is 37.3 Å². The Morgan fingerprint density at radius 1 is 0.969 bits per heavy atom. The molecule has 32 heavy (non-hydrogen) atoms. The van der Waals surface area contributed by atoms with Gasteiger partial charge in [-0.15, -0.1) is 0 Å². The summed E-state index contributed by atoms with van der Waals surface area (Å²) in [6, 6.07) is 10.0. The lowest BCUT2D eigenvalue weighted by Gasteiger charge is -2.29. The van der Waals surface area contributed by atoms with Gasteiger partial charge in [0.05, 0.1) is 14.2 Å². The van der Waals surface area contributed by atoms with E-state index in [0.29, 0.717) is 29.4 Å². The summed E-state index contributed by atoms with van der Waals surface area (Å²) < 4.78 is 29.4. The van der Waals surface area contributed by atoms with E-state index < -0.39 is 6.04 Å². The first-order chi connectivity index (χ1) is 15.2. The second-order valence-corrected chi connectivity index (χ2v) is 7.80. The van der Waals surface area contributed by atoms with Crippen LogP contribution in [-0.4, -0.2) is 50.1 Å². The third-order valence-corrected chi connectivity index (χ3v) is 4.81. The summed E-state index contributed by atoms with van der Waals surface area (Å²) in [6.07, 6.45) is 0. The lowest BCUT2D eigenvalue weighted by atomic mass is 10.1. The Hall–Kier alpha value is -3.29. The Balaban J connectivity index is 2.17. The Morgan fingerprint density at radius 3 is 2.06 bits per heavy atom. The molecule has 1 N–H and O–H groups in total. The molecule has 0 aromatic heterocycles. The second-order valence-electron chi connectivity index (χ2n) is 7.80. The molecule has 8 heteroatoms. The highest BCUT2D eigenvalue weighted by atomic mass is 19.1. The number of ether oxygens (including phenoxy) is 3. The summed E-state index contributed by atoms with van der Waals surface area (Å²) in [5.74, 6) is 0.699. The fraction of sp³-hybridized carbons (Fsp3) is 0.417. The van der Waals surface area contributed by atoms with Gasteiger partial charge in [0.15, 0.2) is 6.61 Å². The van der Waals surface area contributed by atoms with Crippen LogP contribution >= 0.6 is 0 Å². The van der Waals surface area contributed by atoms with Gasteiger partial charge in [0.25, 0.3) is 5.91 Å². The van der Waals surface area contributed by atoms with Crippen LogP contribution in [0.2, 0.25) is 0 Å². The van der Waals surface area contributed by atoms with Crippen molar-refractivity contribution in [1.82, 2.24) is 10.2 Å². The van der Waals surface area contributed by atoms with Crippen LogP contribution in [0.25, 0.3) is 0 Å². The predicted molar refractivity (Wildman–Crippen MR) is 119 cm³/mol. The average molecular weight is 447 g/mol. The SMILES string of the molecule is COc1cc(OC)cc(OCC(=O)N(Cc2ccc(F)cc2)C(C)C(=O)NCC(C)C)c1. The van der Waals surface area contributed by atoms with Gasteiger partial charge in [0.2, 0.25) is 5.91 Å². The van der Waals surface area contributed by atoms with E-state index in [0.717, 1.165) is 0 Å². The zero-order valence-electron chi connectivity index (χ0n) is 19.2. The minimum absolute atomic E-state index is 0.139. The van der Waals surface area contributed by atoms with Crippen molar-refractivity contribution in [1.29, 1.82) is 0 Å². The highest BCUT2D eigenvalue weighted by molar-refractivity contribution is 5.88. The number of amides is 2. The van der Waals surface area contributed by atoms with Crippen LogP contribution in [0, 0.1) is 11.7 Å². The van der Waals surface area contributed by atoms with Gasteiger partial charge in [0.1, 0.15) is 29.1 Å². The summed E-state index contributed by atoms with van der Waals surface area (Å²) in [5.41, 5.74) is 0.700. The van der Waals surface area contributed by atoms with Crippen LogP contribution in [0.5, 0.6) is 17.2 Å². The maximum Gasteiger partial charge on any atom is 0.261 e. The summed E-state index contributed by atoms with van der Waals surface area (Å²) in [4.78, 5) is 27.1. The average Bonchev–Trinajstić information content (AvgIpc) is 2.79. The number of nitrogens with one attached hydrogen (secondary N) is 1. The number of hydrogen-bond donors (Lipinski definition) is 1. The number of benzene rings is 2. The van der Waals surface area contributed by atoms with Gasteiger partial charge in [-0.25, -0.2) is 4.39 Å². The summed E-state index contributed by atoms with van der Waals surface area (Å²) >= 11 is 0. The van der Waals surface area contributed by atoms with Gasteiger partial charge in [-0.05, 0) is 30.5 Å². The molecular weight excluding hydrogens is 415 g/mol. The zero-order chi connectivity index (χ0) is 23.7. The molecular formula is C24H31FN2O5. The number of carbonyl (C=O) groups is 2. The van der Waals surface area contributed by atoms with Crippen molar-refractivity contribution in [3.05, 3.63) is 53.8 Å². The van der Waals surface area contributed by atoms with Crippen molar-refractivity contribution in [2.45, 2.75) is 33.4 Å². The second kappa shape index (κ2) is 11.9. The molecule has 0 aliphatic heterocycles. The van der Waals surface area contributed by atoms with E-state index in [4.69, 9.17) is 14.2 Å². The normalized spacial score (nSPS) is 11.6. The molecule has 174 valence electrons. The van der Waals surface area contributed by atoms with E-state index in [1.807, 2.05) is 13.8 Å². The van der Waals surface area contributed by atoms with E-state index in [-0.39, 0.29) is 36.7 Å². The molecule has 1 unspecified atom stereocenters. The van der Waals surface area contributed by atoms with Crippen LogP contribution in [0.3, 0.4) is 0 Å². The van der Waals surface area contributed by atoms with Crippen LogP contribution < -0.4 is 19.5 Å². The van der Waals surface area contributed by atoms with Crippen LogP contribution in [0.4, 0.5) is 4.39 Å². The molecule has 2 amide bonds. The highest BCUT2D eigenvalue weighted by Crippen LogP contribution is 2.27. The molecule has 0 bridgehead atoms. The van der Waals surface area contributed by atoms with E-state index >= 15 is 0 Å². The molecule has 0 heterocycles. The zero-order valence-corrected chi connectivity index (χ0v) is 19.2. The maximum absolute atomic E-state index is 13.3. The minimum atomic E-state index is -0.741. The third-order valence-electron chi connectivity index (χ3n) is 4.81. The van der Waals surface area contributed by atoms with Gasteiger partial charge in [-0.3, -0.25) is 9.59 Å². The lowest BCUT2D eigenvalue weighted by Crippen LogP contribution is -2.49. The molecule has 0 aliphatic rings. The standard InChI is InChI=1S/C24H31FN2O5/c1-16(2)13-26-24(29)17(3)27(14-18-6-8-19(25)9-7-18)23(28)15-32-22-11-20(30-4)10-21(12-22)31-5/h6-12,16-17H,13-15H2,1-5H3,(H,26,29). The Kier molecular flexibility index (Phi) is 9.31. The van der Waals surface area contributed by atoms with Crippen LogP contribution in [0.1, 0.15) is 26.3 Å². The number of halogens is 1. The van der Waals surface area contributed by atoms with Crippen LogP contribution in [0.15, 0.2) is 42.5 Å². The number of nitrogens with zero attached hydrogens (tertiary/aromatic N) is 1. The number of rotatable bonds is 11. The van der Waals surface area contributed by atoms with Crippen molar-refractivity contribution in [2.24, 2.45) is 5.92 Å². The lowest BCUT2D eigenvalue weighted by molar-refractivity contribution is -0.142. The van der Waals surface area contributed by atoms with Crippen molar-refractivity contribution in [3.63, 3.8) is 0 Å². The first kappa shape index (κ1) is 25.0. The minimum Gasteiger partial charge on any atom is -0.496 e. The van der Waals surface area contributed by atoms with Crippen LogP contribution in [-0.2, 0) is 16.1 Å². The molecule has 0 radical (unpaired) electrons. The summed E-state index contributed by atoms with van der Waals surface area (Å²) in [5, 5.41) is 2.85. The van der Waals surface area contributed by atoms with Crippen molar-refractivity contribution in [3.8, 4) is 17.2 Å². The number of carbonyl (C=O) groups excluding carboxylic acids is 2. The molecule has 0 aliphatic carbocycles. The summed E-state index contributed by atoms with van der Waals surface area (Å²) in [6.45, 7) is 5.98. The Labute approximate surface area is 188 Å². The first-order valence-electron chi connectivity index (χ1n) is 10.4. The van der Waals surface area contributed by atoms with Crippen molar-refractivity contribution < 1.29 is 28.2 Å². The fourth-order valence-corrected chi connectivity index (χ4v) is 2.91. The van der Waals surface area contributed by atoms with Gasteiger partial charge in [0, 0.05) is 31.3 Å². The number of methoxy groups -OCH3 is 2. The van der Waals surface area contributed by atoms with E-state index in [1.165, 1.54) is 31.3 Å². The topological polar surface area (TPSA) is 77.1 Å². The molecule has 1 atom stereocenters. The quantitative estimate of drug-likeness (QED) is 0.572. The van der Waals surface area contributed by atoms with Crippen molar-refractivity contribution >= 4 is 11.8 Å². The Bertz CT molecular complexity index is 880. The Morgan fingerprint density at radius 2 is 1.53 bits per heavy atom. The smallest absolute Gasteiger partial charge is 0.261 e. The molecule has 2 aromatic rings. The molecule has 0 saturated heterocycles. The van der Waals surface area contributed by atoms with Crippen molar-refractivity contribution in [2.75, 3.05) is 27.4 Å². The molecule has 2 rings (SSSR count). The molecule has 0 saturated carbocycles. The highest BCUT2D eigenvalue weighted by Gasteiger charge is 2.26. The van der Waals surface area contributed by atoms with Gasteiger partial charge >= 0.3 is 0 Å². The molecule has 2 aromatic carbocycles. The summed E-state index contributed by atoms with van der Waals surface area (Å²) in [7, 11) is 3.04. The molecule has 7 nitrogen and oxygen atoms in total. The monoisotopic (exact) mass is 446 g/mol. The van der Waals surface area contributed by atoms with E-state index in [2.05, 4.69) is 5.32 Å². The van der Waals surface area contributed by atoms with Gasteiger partial charge in [-0.2, -0.15) is 0 Å².